The average Bonchev–Trinajstić information content (AvgIpc) is 2.27. The average molecular weight is 271 g/mol. The van der Waals surface area contributed by atoms with Crippen LogP contribution in [0.5, 0.6) is 0 Å². The third-order valence-electron chi connectivity index (χ3n) is 2.64. The molecule has 1 aromatic rings. The van der Waals surface area contributed by atoms with Crippen LogP contribution in [0.3, 0.4) is 0 Å². The van der Waals surface area contributed by atoms with E-state index in [1.54, 1.807) is 13.8 Å². The van der Waals surface area contributed by atoms with Crippen molar-refractivity contribution in [1.29, 1.82) is 0 Å². The maximum atomic E-state index is 11.9. The van der Waals surface area contributed by atoms with E-state index < -0.39 is 16.0 Å². The molecule has 0 saturated heterocycles. The summed E-state index contributed by atoms with van der Waals surface area (Å²) in [5.41, 5.74) is 0.873. The number of carbonyl (C=O) groups is 1. The lowest BCUT2D eigenvalue weighted by atomic mass is 10.1. The molecule has 0 aliphatic rings. The van der Waals surface area contributed by atoms with Crippen molar-refractivity contribution in [2.24, 2.45) is 5.14 Å². The summed E-state index contributed by atoms with van der Waals surface area (Å²) in [5, 5.41) is 5.02. The second kappa shape index (κ2) is 5.49. The monoisotopic (exact) mass is 271 g/mol. The zero-order valence-corrected chi connectivity index (χ0v) is 11.5. The van der Waals surface area contributed by atoms with Crippen molar-refractivity contribution in [2.45, 2.75) is 38.2 Å². The van der Waals surface area contributed by atoms with Crippen molar-refractivity contribution in [3.05, 3.63) is 29.3 Å². The number of ether oxygens (including phenoxy) is 1. The largest absolute Gasteiger partial charge is 0.459 e. The molecule has 5 nitrogen and oxygen atoms in total. The number of carbonyl (C=O) groups excluding carboxylic acids is 1. The minimum absolute atomic E-state index is 0.0933. The van der Waals surface area contributed by atoms with Crippen molar-refractivity contribution < 1.29 is 17.9 Å². The molecule has 1 atom stereocenters. The first-order chi connectivity index (χ1) is 8.25. The number of hydrogen-bond donors (Lipinski definition) is 1. The lowest BCUT2D eigenvalue weighted by molar-refractivity contribution is 0.0333. The molecule has 1 rings (SSSR count). The van der Waals surface area contributed by atoms with E-state index in [0.29, 0.717) is 12.0 Å². The van der Waals surface area contributed by atoms with E-state index in [1.807, 2.05) is 6.92 Å². The van der Waals surface area contributed by atoms with Crippen molar-refractivity contribution >= 4 is 16.0 Å². The Labute approximate surface area is 107 Å². The quantitative estimate of drug-likeness (QED) is 0.843. The molecular weight excluding hydrogens is 254 g/mol. The standard InChI is InChI=1S/C12H17NO4S/c1-4-9(3)17-12(14)11-7-10(18(13,15)16)6-5-8(11)2/h5-7,9H,4H2,1-3H3,(H2,13,15,16). The molecule has 0 saturated carbocycles. The molecule has 0 aliphatic heterocycles. The molecule has 1 aromatic carbocycles. The number of primary sulfonamides is 1. The van der Waals surface area contributed by atoms with Gasteiger partial charge < -0.3 is 4.74 Å². The van der Waals surface area contributed by atoms with Crippen LogP contribution in [0, 0.1) is 6.92 Å². The number of aryl methyl sites for hydroxylation is 1. The summed E-state index contributed by atoms with van der Waals surface area (Å²) in [6.07, 6.45) is 0.481. The highest BCUT2D eigenvalue weighted by molar-refractivity contribution is 7.89. The first kappa shape index (κ1) is 14.7. The molecule has 0 fully saturated rings. The zero-order valence-electron chi connectivity index (χ0n) is 10.6. The van der Waals surface area contributed by atoms with Crippen LogP contribution < -0.4 is 5.14 Å². The predicted molar refractivity (Wildman–Crippen MR) is 67.7 cm³/mol. The minimum Gasteiger partial charge on any atom is -0.459 e. The second-order valence-corrected chi connectivity index (χ2v) is 5.71. The van der Waals surface area contributed by atoms with Gasteiger partial charge in [0, 0.05) is 0 Å². The van der Waals surface area contributed by atoms with E-state index in [1.165, 1.54) is 18.2 Å². The summed E-state index contributed by atoms with van der Waals surface area (Å²) in [5.74, 6) is -0.535. The molecule has 18 heavy (non-hydrogen) atoms. The fourth-order valence-corrected chi connectivity index (χ4v) is 1.87. The molecular formula is C12H17NO4S. The zero-order chi connectivity index (χ0) is 13.9. The Hall–Kier alpha value is -1.40. The Morgan fingerprint density at radius 3 is 2.56 bits per heavy atom. The highest BCUT2D eigenvalue weighted by Gasteiger charge is 2.17. The molecule has 0 spiro atoms. The Bertz CT molecular complexity index is 551. The number of hydrogen-bond acceptors (Lipinski definition) is 4. The van der Waals surface area contributed by atoms with Gasteiger partial charge in [-0.1, -0.05) is 13.0 Å². The van der Waals surface area contributed by atoms with E-state index in [9.17, 15) is 13.2 Å². The Kier molecular flexibility index (Phi) is 4.48. The fourth-order valence-electron chi connectivity index (χ4n) is 1.33. The SMILES string of the molecule is CCC(C)OC(=O)c1cc(S(N)(=O)=O)ccc1C. The third-order valence-corrected chi connectivity index (χ3v) is 3.55. The van der Waals surface area contributed by atoms with Crippen LogP contribution in [0.15, 0.2) is 23.1 Å². The first-order valence-electron chi connectivity index (χ1n) is 5.60. The van der Waals surface area contributed by atoms with E-state index in [0.717, 1.165) is 0 Å². The van der Waals surface area contributed by atoms with Gasteiger partial charge in [-0.2, -0.15) is 0 Å². The van der Waals surface area contributed by atoms with Crippen LogP contribution in [0.25, 0.3) is 0 Å². The number of esters is 1. The van der Waals surface area contributed by atoms with Gasteiger partial charge in [-0.3, -0.25) is 0 Å². The maximum absolute atomic E-state index is 11.9. The molecule has 0 heterocycles. The molecule has 2 N–H and O–H groups in total. The van der Waals surface area contributed by atoms with Gasteiger partial charge in [0.05, 0.1) is 16.6 Å². The van der Waals surface area contributed by atoms with Crippen molar-refractivity contribution in [2.75, 3.05) is 0 Å². The molecule has 1 unspecified atom stereocenters. The van der Waals surface area contributed by atoms with Crippen LogP contribution in [0.4, 0.5) is 0 Å². The normalized spacial score (nSPS) is 13.1. The summed E-state index contributed by atoms with van der Waals surface area (Å²) in [6.45, 7) is 5.38. The molecule has 0 aromatic heterocycles. The number of benzene rings is 1. The Morgan fingerprint density at radius 1 is 1.44 bits per heavy atom. The summed E-state index contributed by atoms with van der Waals surface area (Å²) < 4.78 is 27.6. The van der Waals surface area contributed by atoms with Crippen LogP contribution in [-0.2, 0) is 14.8 Å². The number of rotatable bonds is 4. The summed E-state index contributed by atoms with van der Waals surface area (Å²) in [7, 11) is -3.82. The lowest BCUT2D eigenvalue weighted by Crippen LogP contribution is -2.17. The topological polar surface area (TPSA) is 86.5 Å². The Balaban J connectivity index is 3.12. The maximum Gasteiger partial charge on any atom is 0.338 e. The predicted octanol–water partition coefficient (Wildman–Crippen LogP) is 1.60. The first-order valence-corrected chi connectivity index (χ1v) is 7.14. The third kappa shape index (κ3) is 3.54. The fraction of sp³-hybridized carbons (Fsp3) is 0.417. The minimum atomic E-state index is -3.82. The van der Waals surface area contributed by atoms with Crippen LogP contribution in [0.2, 0.25) is 0 Å². The summed E-state index contributed by atoms with van der Waals surface area (Å²) in [4.78, 5) is 11.8. The molecule has 100 valence electrons. The van der Waals surface area contributed by atoms with Gasteiger partial charge in [0.2, 0.25) is 10.0 Å². The highest BCUT2D eigenvalue weighted by atomic mass is 32.2. The second-order valence-electron chi connectivity index (χ2n) is 4.15. The van der Waals surface area contributed by atoms with Crippen LogP contribution in [-0.4, -0.2) is 20.5 Å². The lowest BCUT2D eigenvalue weighted by Gasteiger charge is -2.12. The highest BCUT2D eigenvalue weighted by Crippen LogP contribution is 2.16. The number of nitrogens with two attached hydrogens (primary N) is 1. The van der Waals surface area contributed by atoms with Crippen molar-refractivity contribution in [3.63, 3.8) is 0 Å². The van der Waals surface area contributed by atoms with Crippen molar-refractivity contribution in [1.82, 2.24) is 0 Å². The van der Waals surface area contributed by atoms with Crippen molar-refractivity contribution in [3.8, 4) is 0 Å². The van der Waals surface area contributed by atoms with E-state index >= 15 is 0 Å². The van der Waals surface area contributed by atoms with Crippen LogP contribution >= 0.6 is 0 Å². The smallest absolute Gasteiger partial charge is 0.338 e. The molecule has 0 aliphatic carbocycles. The van der Waals surface area contributed by atoms with Gasteiger partial charge in [0.15, 0.2) is 0 Å². The summed E-state index contributed by atoms with van der Waals surface area (Å²) in [6, 6.07) is 4.15. The van der Waals surface area contributed by atoms with Gasteiger partial charge >= 0.3 is 5.97 Å². The van der Waals surface area contributed by atoms with Gasteiger partial charge in [-0.25, -0.2) is 18.4 Å². The number of sulfonamides is 1. The molecule has 0 radical (unpaired) electrons. The van der Waals surface area contributed by atoms with E-state index in [4.69, 9.17) is 9.88 Å². The van der Waals surface area contributed by atoms with E-state index in [-0.39, 0.29) is 16.6 Å². The van der Waals surface area contributed by atoms with Gasteiger partial charge in [0.1, 0.15) is 0 Å². The van der Waals surface area contributed by atoms with Gasteiger partial charge in [-0.15, -0.1) is 0 Å². The van der Waals surface area contributed by atoms with E-state index in [2.05, 4.69) is 0 Å². The molecule has 0 amide bonds. The van der Waals surface area contributed by atoms with Gasteiger partial charge in [0.25, 0.3) is 0 Å². The van der Waals surface area contributed by atoms with Gasteiger partial charge in [-0.05, 0) is 38.0 Å². The molecule has 0 bridgehead atoms. The summed E-state index contributed by atoms with van der Waals surface area (Å²) >= 11 is 0. The Morgan fingerprint density at radius 2 is 2.06 bits per heavy atom. The van der Waals surface area contributed by atoms with Crippen LogP contribution in [0.1, 0.15) is 36.2 Å². The molecule has 6 heteroatoms.